The third kappa shape index (κ3) is 6.67. The van der Waals surface area contributed by atoms with Crippen molar-refractivity contribution in [2.24, 2.45) is 11.8 Å². The second kappa shape index (κ2) is 11.5. The van der Waals surface area contributed by atoms with Gasteiger partial charge >= 0.3 is 5.97 Å². The molecule has 4 heteroatoms. The molecule has 0 amide bonds. The van der Waals surface area contributed by atoms with E-state index in [1.54, 1.807) is 30.3 Å². The van der Waals surface area contributed by atoms with Gasteiger partial charge in [-0.2, -0.15) is 0 Å². The van der Waals surface area contributed by atoms with Gasteiger partial charge in [0.25, 0.3) is 0 Å². The Morgan fingerprint density at radius 1 is 0.900 bits per heavy atom. The number of rotatable bonds is 10. The highest BCUT2D eigenvalue weighted by atomic mass is 16.5. The summed E-state index contributed by atoms with van der Waals surface area (Å²) in [6.07, 6.45) is 1.49. The Hall–Kier alpha value is -2.72. The molecule has 160 valence electrons. The summed E-state index contributed by atoms with van der Waals surface area (Å²) in [5.41, 5.74) is 1.52. The number of carbonyl (C=O) groups excluding carboxylic acids is 2. The minimum absolute atomic E-state index is 0.0981. The molecule has 0 saturated carbocycles. The van der Waals surface area contributed by atoms with Gasteiger partial charge in [0, 0.05) is 18.3 Å². The number of carbonyl (C=O) groups is 2. The molecule has 0 spiro atoms. The first-order chi connectivity index (χ1) is 14.3. The van der Waals surface area contributed by atoms with E-state index >= 15 is 0 Å². The average Bonchev–Trinajstić information content (AvgIpc) is 2.77. The van der Waals surface area contributed by atoms with E-state index in [0.717, 1.165) is 5.56 Å². The number of ketones is 1. The van der Waals surface area contributed by atoms with Crippen LogP contribution in [0.25, 0.3) is 0 Å². The third-order valence-electron chi connectivity index (χ3n) is 5.18. The van der Waals surface area contributed by atoms with Gasteiger partial charge in [0.05, 0.1) is 17.8 Å². The van der Waals surface area contributed by atoms with E-state index in [1.165, 1.54) is 0 Å². The van der Waals surface area contributed by atoms with Crippen molar-refractivity contribution in [1.29, 1.82) is 0 Å². The summed E-state index contributed by atoms with van der Waals surface area (Å²) in [6.45, 7) is 9.46. The fourth-order valence-corrected chi connectivity index (χ4v) is 3.29. The molecular formula is C26H32O4. The maximum Gasteiger partial charge on any atom is 0.343 e. The summed E-state index contributed by atoms with van der Waals surface area (Å²) in [5, 5.41) is 0. The average molecular weight is 409 g/mol. The highest BCUT2D eigenvalue weighted by Crippen LogP contribution is 2.28. The van der Waals surface area contributed by atoms with Crippen molar-refractivity contribution >= 4 is 11.8 Å². The molecule has 0 unspecified atom stereocenters. The van der Waals surface area contributed by atoms with Crippen molar-refractivity contribution in [1.82, 2.24) is 0 Å². The quantitative estimate of drug-likeness (QED) is 0.350. The summed E-state index contributed by atoms with van der Waals surface area (Å²) >= 11 is 0. The molecule has 30 heavy (non-hydrogen) atoms. The first-order valence-electron chi connectivity index (χ1n) is 10.5. The van der Waals surface area contributed by atoms with Crippen LogP contribution in [-0.2, 0) is 14.3 Å². The van der Waals surface area contributed by atoms with Crippen LogP contribution in [0.1, 0.15) is 63.1 Å². The summed E-state index contributed by atoms with van der Waals surface area (Å²) in [7, 11) is 0. The molecule has 0 heterocycles. The van der Waals surface area contributed by atoms with Crippen LogP contribution in [0.15, 0.2) is 72.5 Å². The number of esters is 1. The maximum atomic E-state index is 12.7. The first kappa shape index (κ1) is 23.6. The summed E-state index contributed by atoms with van der Waals surface area (Å²) in [5.74, 6) is -0.218. The standard InChI is InChI=1S/C26H32O4/c1-6-23(30-26(28)22-15-11-8-12-16-22)17-24(19(4)25(27)18(2)3)29-20(5)21-13-9-7-10-14-21/h6-16,18-20,24H,17H2,1-5H3/b23-6-/t19-,20-,24+/m0/s1. The predicted octanol–water partition coefficient (Wildman–Crippen LogP) is 6.14. The van der Waals surface area contributed by atoms with Crippen LogP contribution in [0.5, 0.6) is 0 Å². The van der Waals surface area contributed by atoms with Crippen LogP contribution in [-0.4, -0.2) is 17.9 Å². The third-order valence-corrected chi connectivity index (χ3v) is 5.18. The van der Waals surface area contributed by atoms with Gasteiger partial charge in [0.15, 0.2) is 0 Å². The van der Waals surface area contributed by atoms with E-state index in [0.29, 0.717) is 17.7 Å². The number of hydrogen-bond acceptors (Lipinski definition) is 4. The van der Waals surface area contributed by atoms with Crippen LogP contribution < -0.4 is 0 Å². The lowest BCUT2D eigenvalue weighted by Crippen LogP contribution is -2.32. The molecule has 0 fully saturated rings. The van der Waals surface area contributed by atoms with E-state index in [-0.39, 0.29) is 23.7 Å². The molecule has 0 N–H and O–H groups in total. The molecule has 0 bridgehead atoms. The van der Waals surface area contributed by atoms with E-state index in [2.05, 4.69) is 0 Å². The number of Topliss-reactive ketones (excluding diaryl/α,β-unsaturated/α-hetero) is 1. The lowest BCUT2D eigenvalue weighted by atomic mass is 9.89. The van der Waals surface area contributed by atoms with Gasteiger partial charge < -0.3 is 9.47 Å². The van der Waals surface area contributed by atoms with Crippen molar-refractivity contribution in [3.05, 3.63) is 83.6 Å². The Kier molecular flexibility index (Phi) is 9.00. The van der Waals surface area contributed by atoms with Gasteiger partial charge in [-0.25, -0.2) is 4.79 Å². The zero-order valence-electron chi connectivity index (χ0n) is 18.5. The van der Waals surface area contributed by atoms with Crippen molar-refractivity contribution in [3.63, 3.8) is 0 Å². The number of allylic oxidation sites excluding steroid dienone is 1. The first-order valence-corrected chi connectivity index (χ1v) is 10.5. The van der Waals surface area contributed by atoms with Crippen LogP contribution in [0.3, 0.4) is 0 Å². The Bertz CT molecular complexity index is 840. The summed E-state index contributed by atoms with van der Waals surface area (Å²) in [6, 6.07) is 18.8. The summed E-state index contributed by atoms with van der Waals surface area (Å²) < 4.78 is 12.0. The number of benzene rings is 2. The topological polar surface area (TPSA) is 52.6 Å². The Morgan fingerprint density at radius 3 is 2.00 bits per heavy atom. The van der Waals surface area contributed by atoms with E-state index in [1.807, 2.05) is 71.0 Å². The number of hydrogen-bond donors (Lipinski definition) is 0. The smallest absolute Gasteiger partial charge is 0.343 e. The lowest BCUT2D eigenvalue weighted by molar-refractivity contribution is -0.132. The monoisotopic (exact) mass is 408 g/mol. The molecule has 0 saturated heterocycles. The maximum absolute atomic E-state index is 12.7. The highest BCUT2D eigenvalue weighted by Gasteiger charge is 2.30. The van der Waals surface area contributed by atoms with Gasteiger partial charge in [0.2, 0.25) is 0 Å². The molecule has 0 aliphatic heterocycles. The zero-order valence-corrected chi connectivity index (χ0v) is 18.5. The molecule has 2 rings (SSSR count). The number of ether oxygens (including phenoxy) is 2. The molecule has 3 atom stereocenters. The van der Waals surface area contributed by atoms with Crippen molar-refractivity contribution in [3.8, 4) is 0 Å². The second-order valence-corrected chi connectivity index (χ2v) is 7.79. The summed E-state index contributed by atoms with van der Waals surface area (Å²) in [4.78, 5) is 25.2. The predicted molar refractivity (Wildman–Crippen MR) is 119 cm³/mol. The van der Waals surface area contributed by atoms with Crippen molar-refractivity contribution in [2.75, 3.05) is 0 Å². The minimum atomic E-state index is -0.415. The van der Waals surface area contributed by atoms with Crippen LogP contribution in [0.4, 0.5) is 0 Å². The van der Waals surface area contributed by atoms with Crippen LogP contribution >= 0.6 is 0 Å². The normalized spacial score (nSPS) is 14.8. The highest BCUT2D eigenvalue weighted by molar-refractivity contribution is 5.90. The zero-order chi connectivity index (χ0) is 22.1. The van der Waals surface area contributed by atoms with E-state index < -0.39 is 12.1 Å². The van der Waals surface area contributed by atoms with Crippen LogP contribution in [0.2, 0.25) is 0 Å². The Labute approximate surface area is 179 Å². The largest absolute Gasteiger partial charge is 0.428 e. The fraction of sp³-hybridized carbons (Fsp3) is 0.385. The van der Waals surface area contributed by atoms with Gasteiger partial charge in [-0.15, -0.1) is 0 Å². The molecule has 0 aliphatic carbocycles. The van der Waals surface area contributed by atoms with Crippen LogP contribution in [0, 0.1) is 11.8 Å². The Morgan fingerprint density at radius 2 is 1.47 bits per heavy atom. The Balaban J connectivity index is 2.17. The van der Waals surface area contributed by atoms with E-state index in [4.69, 9.17) is 9.47 Å². The molecule has 2 aromatic rings. The van der Waals surface area contributed by atoms with Gasteiger partial charge in [-0.05, 0) is 37.6 Å². The van der Waals surface area contributed by atoms with Gasteiger partial charge in [-0.3, -0.25) is 4.79 Å². The van der Waals surface area contributed by atoms with Gasteiger partial charge in [-0.1, -0.05) is 69.3 Å². The SMILES string of the molecule is C/C=C(/C[C@@H](O[C@@H](C)c1ccccc1)[C@H](C)C(=O)C(C)C)OC(=O)c1ccccc1. The molecule has 0 aliphatic rings. The van der Waals surface area contributed by atoms with Gasteiger partial charge in [0.1, 0.15) is 11.5 Å². The molecular weight excluding hydrogens is 376 g/mol. The minimum Gasteiger partial charge on any atom is -0.428 e. The molecule has 4 nitrogen and oxygen atoms in total. The fourth-order valence-electron chi connectivity index (χ4n) is 3.29. The molecule has 2 aromatic carbocycles. The van der Waals surface area contributed by atoms with Crippen molar-refractivity contribution in [2.45, 2.75) is 53.2 Å². The lowest BCUT2D eigenvalue weighted by Gasteiger charge is -2.28. The molecule has 0 radical (unpaired) electrons. The van der Waals surface area contributed by atoms with Crippen molar-refractivity contribution < 1.29 is 19.1 Å². The second-order valence-electron chi connectivity index (χ2n) is 7.79. The molecule has 0 aromatic heterocycles. The van der Waals surface area contributed by atoms with E-state index in [9.17, 15) is 9.59 Å².